The standard InChI is InChI=1S/C29H51FN4.C15H14F3NO7/c1-2-3-4-5-6-7-8-9-21-31-27-14-10-25(11-15-27)18-22-34-23-19-29(20-24-34)33-32-28-16-12-26(30)13-17-28;16-15(17,18)8-2-1-7-3-4-19(9(7)5-8)11(12(22)23)14(26,13(24)25)6-10(20)21/h12-13,16-17,25,27,29,31-33H,2-11,14-15,18-24H2,1H3;1-2,5,11,26H,3-4,6H2,(H,20,21)(H,22,23)(H,24,25). The van der Waals surface area contributed by atoms with Crippen LogP contribution < -0.4 is 21.1 Å². The minimum Gasteiger partial charge on any atom is -0.481 e. The zero-order valence-corrected chi connectivity index (χ0v) is 34.8. The van der Waals surface area contributed by atoms with Gasteiger partial charge in [0.2, 0.25) is 5.60 Å². The smallest absolute Gasteiger partial charge is 0.416 e. The molecule has 2 unspecified atom stereocenters. The average Bonchev–Trinajstić information content (AvgIpc) is 3.62. The van der Waals surface area contributed by atoms with Crippen LogP contribution in [-0.4, -0.2) is 99.7 Å². The van der Waals surface area contributed by atoms with Gasteiger partial charge in [0, 0.05) is 30.0 Å². The zero-order chi connectivity index (χ0) is 43.7. The lowest BCUT2D eigenvalue weighted by atomic mass is 9.84. The minimum atomic E-state index is -4.72. The number of hydrogen-bond donors (Lipinski definition) is 7. The number of carbonyl (C=O) groups is 3. The van der Waals surface area contributed by atoms with E-state index in [4.69, 9.17) is 5.11 Å². The number of piperidine rings is 1. The number of nitrogens with zero attached hydrogens (tertiary/aromatic N) is 2. The lowest BCUT2D eigenvalue weighted by Crippen LogP contribution is -2.62. The van der Waals surface area contributed by atoms with Gasteiger partial charge in [0.05, 0.1) is 12.0 Å². The molecule has 2 aromatic carbocycles. The summed E-state index contributed by atoms with van der Waals surface area (Å²) in [5.41, 5.74) is 3.37. The number of nitrogens with one attached hydrogen (secondary N) is 3. The number of benzene rings is 2. The summed E-state index contributed by atoms with van der Waals surface area (Å²) in [6.45, 7) is 6.95. The van der Waals surface area contributed by atoms with Crippen LogP contribution in [0.4, 0.5) is 28.9 Å². The van der Waals surface area contributed by atoms with Gasteiger partial charge >= 0.3 is 24.1 Å². The normalized spacial score (nSPS) is 20.1. The van der Waals surface area contributed by atoms with Crippen LogP contribution in [0.3, 0.4) is 0 Å². The van der Waals surface area contributed by atoms with Crippen molar-refractivity contribution in [3.63, 3.8) is 0 Å². The van der Waals surface area contributed by atoms with E-state index in [1.165, 1.54) is 135 Å². The molecule has 2 fully saturated rings. The van der Waals surface area contributed by atoms with Crippen LogP contribution in [0.15, 0.2) is 42.5 Å². The number of fused-ring (bicyclic) bond motifs is 1. The number of aliphatic carboxylic acids is 3. The molecule has 2 atom stereocenters. The van der Waals surface area contributed by atoms with Crippen molar-refractivity contribution >= 4 is 29.3 Å². The number of unbranched alkanes of at least 4 members (excludes halogenated alkanes) is 7. The minimum absolute atomic E-state index is 0.111. The first-order chi connectivity index (χ1) is 28.6. The fourth-order valence-corrected chi connectivity index (χ4v) is 8.57. The molecular formula is C44H65F4N5O7. The Morgan fingerprint density at radius 3 is 2.03 bits per heavy atom. The number of halogens is 4. The van der Waals surface area contributed by atoms with Gasteiger partial charge in [-0.05, 0) is 132 Å². The van der Waals surface area contributed by atoms with E-state index in [0.717, 1.165) is 34.7 Å². The molecular weight excluding hydrogens is 787 g/mol. The largest absolute Gasteiger partial charge is 0.481 e. The molecule has 5 rings (SSSR count). The molecule has 0 bridgehead atoms. The van der Waals surface area contributed by atoms with Gasteiger partial charge in [-0.1, -0.05) is 57.9 Å². The van der Waals surface area contributed by atoms with Crippen LogP contribution in [0.5, 0.6) is 0 Å². The Morgan fingerprint density at radius 1 is 0.817 bits per heavy atom. The third-order valence-corrected chi connectivity index (χ3v) is 12.1. The second-order valence-electron chi connectivity index (χ2n) is 16.7. The van der Waals surface area contributed by atoms with E-state index in [2.05, 4.69) is 28.0 Å². The van der Waals surface area contributed by atoms with E-state index in [-0.39, 0.29) is 24.5 Å². The lowest BCUT2D eigenvalue weighted by molar-refractivity contribution is -0.173. The third-order valence-electron chi connectivity index (χ3n) is 12.1. The summed E-state index contributed by atoms with van der Waals surface area (Å²) in [5.74, 6) is -5.02. The van der Waals surface area contributed by atoms with Gasteiger partial charge in [-0.25, -0.2) is 19.4 Å². The second-order valence-corrected chi connectivity index (χ2v) is 16.7. The molecule has 16 heteroatoms. The molecule has 3 aliphatic rings. The summed E-state index contributed by atoms with van der Waals surface area (Å²) in [6.07, 6.45) is 14.5. The van der Waals surface area contributed by atoms with Gasteiger partial charge in [0.1, 0.15) is 5.82 Å². The Labute approximate surface area is 351 Å². The molecule has 0 spiro atoms. The van der Waals surface area contributed by atoms with Crippen LogP contribution in [-0.2, 0) is 27.0 Å². The summed E-state index contributed by atoms with van der Waals surface area (Å²) in [4.78, 5) is 37.4. The van der Waals surface area contributed by atoms with Crippen molar-refractivity contribution in [2.75, 3.05) is 43.0 Å². The Balaban J connectivity index is 0.000000275. The summed E-state index contributed by atoms with van der Waals surface area (Å²) in [7, 11) is 0. The molecule has 336 valence electrons. The number of hydrogen-bond acceptors (Lipinski definition) is 9. The molecule has 2 heterocycles. The Bertz CT molecular complexity index is 1640. The van der Waals surface area contributed by atoms with Crippen molar-refractivity contribution < 1.29 is 52.4 Å². The number of carboxylic acid groups (broad SMARTS) is 3. The highest BCUT2D eigenvalue weighted by Crippen LogP contribution is 2.39. The third kappa shape index (κ3) is 15.2. The summed E-state index contributed by atoms with van der Waals surface area (Å²) in [6, 6.07) is 8.10. The quantitative estimate of drug-likeness (QED) is 0.0350. The van der Waals surface area contributed by atoms with Crippen molar-refractivity contribution in [2.45, 2.75) is 146 Å². The highest BCUT2D eigenvalue weighted by molar-refractivity contribution is 5.94. The number of anilines is 2. The van der Waals surface area contributed by atoms with E-state index in [1.54, 1.807) is 12.1 Å². The number of rotatable bonds is 22. The monoisotopic (exact) mass is 851 g/mol. The molecule has 2 aromatic rings. The molecule has 1 saturated heterocycles. The van der Waals surface area contributed by atoms with Gasteiger partial charge in [-0.2, -0.15) is 13.2 Å². The van der Waals surface area contributed by atoms with Crippen molar-refractivity contribution in [1.29, 1.82) is 0 Å². The van der Waals surface area contributed by atoms with Gasteiger partial charge in [-0.3, -0.25) is 4.79 Å². The molecule has 60 heavy (non-hydrogen) atoms. The van der Waals surface area contributed by atoms with Crippen molar-refractivity contribution in [2.24, 2.45) is 5.92 Å². The van der Waals surface area contributed by atoms with Crippen LogP contribution in [0.25, 0.3) is 0 Å². The van der Waals surface area contributed by atoms with Crippen LogP contribution in [0, 0.1) is 11.7 Å². The number of likely N-dealkylation sites (tertiary alicyclic amines) is 1. The molecule has 1 aliphatic carbocycles. The lowest BCUT2D eigenvalue weighted by Gasteiger charge is -2.36. The zero-order valence-electron chi connectivity index (χ0n) is 34.8. The Morgan fingerprint density at radius 2 is 1.45 bits per heavy atom. The molecule has 1 saturated carbocycles. The maximum atomic E-state index is 13.0. The van der Waals surface area contributed by atoms with Crippen LogP contribution in [0.1, 0.15) is 121 Å². The first-order valence-corrected chi connectivity index (χ1v) is 21.7. The van der Waals surface area contributed by atoms with Crippen LogP contribution in [0.2, 0.25) is 0 Å². The number of carboxylic acids is 3. The van der Waals surface area contributed by atoms with Crippen molar-refractivity contribution in [3.8, 4) is 0 Å². The average molecular weight is 852 g/mol. The molecule has 2 aliphatic heterocycles. The molecule has 0 radical (unpaired) electrons. The highest BCUT2D eigenvalue weighted by Gasteiger charge is 2.54. The van der Waals surface area contributed by atoms with Crippen molar-refractivity contribution in [3.05, 3.63) is 59.4 Å². The summed E-state index contributed by atoms with van der Waals surface area (Å²) < 4.78 is 51.8. The number of alkyl halides is 3. The van der Waals surface area contributed by atoms with E-state index in [0.29, 0.717) is 17.7 Å². The topological polar surface area (TPSA) is 175 Å². The number of aliphatic hydroxyl groups is 1. The van der Waals surface area contributed by atoms with Gasteiger partial charge in [-0.15, -0.1) is 0 Å². The first kappa shape index (κ1) is 48.7. The highest BCUT2D eigenvalue weighted by atomic mass is 19.4. The van der Waals surface area contributed by atoms with Gasteiger partial charge in [0.25, 0.3) is 0 Å². The van der Waals surface area contributed by atoms with Crippen LogP contribution >= 0.6 is 0 Å². The maximum Gasteiger partial charge on any atom is 0.416 e. The maximum absolute atomic E-state index is 13.0. The van der Waals surface area contributed by atoms with E-state index in [9.17, 15) is 47.3 Å². The number of hydrazine groups is 1. The fourth-order valence-electron chi connectivity index (χ4n) is 8.57. The van der Waals surface area contributed by atoms with E-state index in [1.807, 2.05) is 0 Å². The SMILES string of the molecule is CCCCCCCCCCNC1CCC(CCN2CCC(NNc3ccc(F)cc3)CC2)CC1.O=C(O)CC(O)(C(=O)O)C(C(=O)O)N1CCc2ccc(C(F)(F)F)cc21. The molecule has 0 aromatic heterocycles. The molecule has 0 amide bonds. The Hall–Kier alpha value is -3.99. The van der Waals surface area contributed by atoms with E-state index < -0.39 is 47.7 Å². The predicted molar refractivity (Wildman–Crippen MR) is 222 cm³/mol. The van der Waals surface area contributed by atoms with Gasteiger partial charge < -0.3 is 41.0 Å². The Kier molecular flexibility index (Phi) is 19.4. The second kappa shape index (κ2) is 23.9. The summed E-state index contributed by atoms with van der Waals surface area (Å²) in [5, 5.41) is 41.6. The fraction of sp³-hybridized carbons (Fsp3) is 0.659. The van der Waals surface area contributed by atoms with E-state index >= 15 is 0 Å². The van der Waals surface area contributed by atoms with Gasteiger partial charge in [0.15, 0.2) is 6.04 Å². The molecule has 7 N–H and O–H groups in total. The summed E-state index contributed by atoms with van der Waals surface area (Å²) >= 11 is 0. The van der Waals surface area contributed by atoms with Crippen molar-refractivity contribution in [1.82, 2.24) is 15.6 Å². The molecule has 12 nitrogen and oxygen atoms in total. The predicted octanol–water partition coefficient (Wildman–Crippen LogP) is 7.70. The first-order valence-electron chi connectivity index (χ1n) is 21.7.